The normalized spacial score (nSPS) is 15.7. The molecule has 1 saturated heterocycles. The van der Waals surface area contributed by atoms with E-state index < -0.39 is 0 Å². The van der Waals surface area contributed by atoms with E-state index in [2.05, 4.69) is 4.98 Å². The number of likely N-dealkylation sites (tertiary alicyclic amines) is 1. The number of carbonyl (C=O) groups excluding carboxylic acids is 2. The van der Waals surface area contributed by atoms with Gasteiger partial charge in [-0.15, -0.1) is 11.3 Å². The highest BCUT2D eigenvalue weighted by molar-refractivity contribution is 7.18. The molecule has 0 bridgehead atoms. The van der Waals surface area contributed by atoms with Gasteiger partial charge >= 0.3 is 5.97 Å². The van der Waals surface area contributed by atoms with Gasteiger partial charge in [-0.3, -0.25) is 9.59 Å². The maximum Gasteiger partial charge on any atom is 0.309 e. The lowest BCUT2D eigenvalue weighted by atomic mass is 9.95. The SMILES string of the molecule is C[C@@H](OC(=O)C1CCN(C(=O)c2cccc3ccccc23)CC1)c1nc2ccccc2s1. The van der Waals surface area contributed by atoms with Crippen LogP contribution in [0.25, 0.3) is 21.0 Å². The first-order chi connectivity index (χ1) is 15.6. The number of hydrogen-bond donors (Lipinski definition) is 0. The Kier molecular flexibility index (Phi) is 5.62. The molecule has 1 fully saturated rings. The molecule has 0 unspecified atom stereocenters. The minimum Gasteiger partial charge on any atom is -0.455 e. The summed E-state index contributed by atoms with van der Waals surface area (Å²) in [6.07, 6.45) is 0.847. The van der Waals surface area contributed by atoms with Crippen molar-refractivity contribution in [2.45, 2.75) is 25.9 Å². The number of ether oxygens (including phenoxy) is 1. The summed E-state index contributed by atoms with van der Waals surface area (Å²) in [5.74, 6) is -0.367. The first-order valence-electron chi connectivity index (χ1n) is 10.9. The van der Waals surface area contributed by atoms with Crippen LogP contribution in [-0.4, -0.2) is 34.8 Å². The number of fused-ring (bicyclic) bond motifs is 2. The number of hydrogen-bond acceptors (Lipinski definition) is 5. The lowest BCUT2D eigenvalue weighted by molar-refractivity contribution is -0.155. The highest BCUT2D eigenvalue weighted by Gasteiger charge is 2.30. The van der Waals surface area contributed by atoms with Gasteiger partial charge in [0.1, 0.15) is 5.01 Å². The van der Waals surface area contributed by atoms with Gasteiger partial charge in [0, 0.05) is 18.7 Å². The zero-order valence-corrected chi connectivity index (χ0v) is 18.7. The number of carbonyl (C=O) groups is 2. The molecular weight excluding hydrogens is 420 g/mol. The van der Waals surface area contributed by atoms with Crippen molar-refractivity contribution in [3.63, 3.8) is 0 Å². The van der Waals surface area contributed by atoms with Crippen molar-refractivity contribution in [2.75, 3.05) is 13.1 Å². The Hall–Kier alpha value is -3.25. The molecule has 4 aromatic rings. The van der Waals surface area contributed by atoms with Gasteiger partial charge in [0.15, 0.2) is 6.10 Å². The van der Waals surface area contributed by atoms with Gasteiger partial charge in [0.05, 0.1) is 16.1 Å². The van der Waals surface area contributed by atoms with Crippen LogP contribution in [0.2, 0.25) is 0 Å². The monoisotopic (exact) mass is 444 g/mol. The number of aromatic nitrogens is 1. The zero-order valence-electron chi connectivity index (χ0n) is 17.9. The molecule has 1 aliphatic heterocycles. The number of nitrogens with zero attached hydrogens (tertiary/aromatic N) is 2. The van der Waals surface area contributed by atoms with E-state index in [1.807, 2.05) is 78.6 Å². The summed E-state index contributed by atoms with van der Waals surface area (Å²) in [4.78, 5) is 32.4. The second-order valence-electron chi connectivity index (χ2n) is 8.19. The quantitative estimate of drug-likeness (QED) is 0.384. The average Bonchev–Trinajstić information content (AvgIpc) is 3.28. The Morgan fingerprint density at radius 1 is 1.00 bits per heavy atom. The standard InChI is InChI=1S/C26H24N2O3S/c1-17(24-27-22-11-4-5-12-23(22)32-24)31-26(30)19-13-15-28(16-14-19)25(29)21-10-6-8-18-7-2-3-9-20(18)21/h2-12,17,19H,13-16H2,1H3/t17-/m1/s1. The third-order valence-electron chi connectivity index (χ3n) is 6.09. The predicted molar refractivity (Wildman–Crippen MR) is 127 cm³/mol. The Labute approximate surface area is 190 Å². The molecule has 3 aromatic carbocycles. The van der Waals surface area contributed by atoms with E-state index in [-0.39, 0.29) is 23.9 Å². The molecule has 32 heavy (non-hydrogen) atoms. The number of para-hydroxylation sites is 1. The first-order valence-corrected chi connectivity index (χ1v) is 11.7. The van der Waals surface area contributed by atoms with E-state index >= 15 is 0 Å². The Morgan fingerprint density at radius 2 is 1.72 bits per heavy atom. The van der Waals surface area contributed by atoms with E-state index in [9.17, 15) is 9.59 Å². The molecule has 1 aliphatic rings. The van der Waals surface area contributed by atoms with E-state index in [0.29, 0.717) is 31.5 Å². The number of rotatable bonds is 4. The molecule has 0 spiro atoms. The van der Waals surface area contributed by atoms with E-state index in [0.717, 1.165) is 26.0 Å². The van der Waals surface area contributed by atoms with Crippen LogP contribution >= 0.6 is 11.3 Å². The minimum absolute atomic E-state index is 0.0245. The molecular formula is C26H24N2O3S. The molecule has 0 N–H and O–H groups in total. The lowest BCUT2D eigenvalue weighted by Gasteiger charge is -2.31. The van der Waals surface area contributed by atoms with E-state index in [1.54, 1.807) is 11.3 Å². The molecule has 162 valence electrons. The van der Waals surface area contributed by atoms with Crippen molar-refractivity contribution < 1.29 is 14.3 Å². The maximum absolute atomic E-state index is 13.1. The molecule has 0 saturated carbocycles. The van der Waals surface area contributed by atoms with Crippen LogP contribution in [0.1, 0.15) is 41.2 Å². The number of thiazole rings is 1. The summed E-state index contributed by atoms with van der Waals surface area (Å²) in [5, 5.41) is 2.83. The van der Waals surface area contributed by atoms with Crippen LogP contribution in [0.4, 0.5) is 0 Å². The maximum atomic E-state index is 13.1. The molecule has 5 nitrogen and oxygen atoms in total. The number of esters is 1. The molecule has 0 radical (unpaired) electrons. The first kappa shape index (κ1) is 20.6. The summed E-state index contributed by atoms with van der Waals surface area (Å²) >= 11 is 1.56. The van der Waals surface area contributed by atoms with Gasteiger partial charge < -0.3 is 9.64 Å². The highest BCUT2D eigenvalue weighted by atomic mass is 32.1. The van der Waals surface area contributed by atoms with Crippen LogP contribution in [0.3, 0.4) is 0 Å². The summed E-state index contributed by atoms with van der Waals surface area (Å²) in [6.45, 7) is 2.98. The van der Waals surface area contributed by atoms with Crippen molar-refractivity contribution in [2.24, 2.45) is 5.92 Å². The predicted octanol–water partition coefficient (Wildman–Crippen LogP) is 5.61. The zero-order chi connectivity index (χ0) is 22.1. The molecule has 6 heteroatoms. The van der Waals surface area contributed by atoms with Crippen molar-refractivity contribution in [3.8, 4) is 0 Å². The number of piperidine rings is 1. The Morgan fingerprint density at radius 3 is 2.53 bits per heavy atom. The average molecular weight is 445 g/mol. The summed E-state index contributed by atoms with van der Waals surface area (Å²) in [7, 11) is 0. The summed E-state index contributed by atoms with van der Waals surface area (Å²) in [5.41, 5.74) is 1.64. The fourth-order valence-corrected chi connectivity index (χ4v) is 5.23. The van der Waals surface area contributed by atoms with Crippen LogP contribution < -0.4 is 0 Å². The van der Waals surface area contributed by atoms with Crippen LogP contribution in [0, 0.1) is 5.92 Å². The van der Waals surface area contributed by atoms with Crippen LogP contribution in [-0.2, 0) is 9.53 Å². The van der Waals surface area contributed by atoms with Crippen molar-refractivity contribution in [1.29, 1.82) is 0 Å². The van der Waals surface area contributed by atoms with E-state index in [1.165, 1.54) is 0 Å². The van der Waals surface area contributed by atoms with Gasteiger partial charge in [-0.25, -0.2) is 4.98 Å². The van der Waals surface area contributed by atoms with Crippen molar-refractivity contribution in [1.82, 2.24) is 9.88 Å². The third kappa shape index (κ3) is 3.98. The molecule has 1 amide bonds. The van der Waals surface area contributed by atoms with Gasteiger partial charge in [-0.05, 0) is 48.7 Å². The highest BCUT2D eigenvalue weighted by Crippen LogP contribution is 2.30. The summed E-state index contributed by atoms with van der Waals surface area (Å²) < 4.78 is 6.84. The topological polar surface area (TPSA) is 59.5 Å². The minimum atomic E-state index is -0.379. The second kappa shape index (κ2) is 8.71. The fourth-order valence-electron chi connectivity index (χ4n) is 4.29. The Balaban J connectivity index is 1.21. The van der Waals surface area contributed by atoms with Crippen molar-refractivity contribution >= 4 is 44.2 Å². The third-order valence-corrected chi connectivity index (χ3v) is 7.28. The second-order valence-corrected chi connectivity index (χ2v) is 9.25. The van der Waals surface area contributed by atoms with Crippen molar-refractivity contribution in [3.05, 3.63) is 77.3 Å². The number of benzene rings is 3. The van der Waals surface area contributed by atoms with Gasteiger partial charge in [-0.1, -0.05) is 48.5 Å². The molecule has 0 aliphatic carbocycles. The molecule has 1 aromatic heterocycles. The van der Waals surface area contributed by atoms with Gasteiger partial charge in [-0.2, -0.15) is 0 Å². The molecule has 5 rings (SSSR count). The van der Waals surface area contributed by atoms with Crippen LogP contribution in [0.15, 0.2) is 66.7 Å². The summed E-state index contributed by atoms with van der Waals surface area (Å²) in [6, 6.07) is 21.7. The van der Waals surface area contributed by atoms with Gasteiger partial charge in [0.25, 0.3) is 5.91 Å². The molecule has 2 heterocycles. The fraction of sp³-hybridized carbons (Fsp3) is 0.269. The number of amides is 1. The lowest BCUT2D eigenvalue weighted by Crippen LogP contribution is -2.40. The smallest absolute Gasteiger partial charge is 0.309 e. The Bertz CT molecular complexity index is 1250. The van der Waals surface area contributed by atoms with Crippen LogP contribution in [0.5, 0.6) is 0 Å². The van der Waals surface area contributed by atoms with E-state index in [4.69, 9.17) is 4.74 Å². The van der Waals surface area contributed by atoms with Gasteiger partial charge in [0.2, 0.25) is 0 Å². The molecule has 1 atom stereocenters. The largest absolute Gasteiger partial charge is 0.455 e.